The first-order valence-corrected chi connectivity index (χ1v) is 2.93. The van der Waals surface area contributed by atoms with E-state index >= 15 is 0 Å². The normalized spacial score (nSPS) is 17.4. The number of halogens is 4. The zero-order valence-electron chi connectivity index (χ0n) is 5.37. The van der Waals surface area contributed by atoms with E-state index in [0.717, 1.165) is 0 Å². The van der Waals surface area contributed by atoms with Crippen molar-refractivity contribution in [1.82, 2.24) is 0 Å². The van der Waals surface area contributed by atoms with E-state index in [9.17, 15) is 17.6 Å². The molecule has 0 nitrogen and oxygen atoms in total. The summed E-state index contributed by atoms with van der Waals surface area (Å²) in [6.45, 7) is 3.05. The lowest BCUT2D eigenvalue weighted by molar-refractivity contribution is 0.0651. The van der Waals surface area contributed by atoms with Crippen molar-refractivity contribution in [2.45, 2.75) is 31.6 Å². The molecule has 0 aliphatic carbocycles. The number of rotatable bonds is 4. The van der Waals surface area contributed by atoms with Crippen molar-refractivity contribution >= 4 is 0 Å². The van der Waals surface area contributed by atoms with E-state index < -0.39 is 25.2 Å². The summed E-state index contributed by atoms with van der Waals surface area (Å²) in [4.78, 5) is 0. The molecule has 0 aromatic heterocycles. The highest BCUT2D eigenvalue weighted by atomic mass is 19.3. The fraction of sp³-hybridized carbons (Fsp3) is 0.833. The molecule has 0 amide bonds. The molecular formula is C6H9F4. The van der Waals surface area contributed by atoms with E-state index in [1.165, 1.54) is 0 Å². The Hall–Kier alpha value is -0.280. The first-order valence-electron chi connectivity index (χ1n) is 2.93. The fourth-order valence-corrected chi connectivity index (χ4v) is 0.499. The van der Waals surface area contributed by atoms with Gasteiger partial charge in [-0.2, -0.15) is 0 Å². The average molecular weight is 157 g/mol. The number of alkyl halides is 4. The van der Waals surface area contributed by atoms with Crippen molar-refractivity contribution in [2.75, 3.05) is 0 Å². The lowest BCUT2D eigenvalue weighted by Crippen LogP contribution is -2.19. The largest absolute Gasteiger partial charge is 0.244 e. The molecule has 0 saturated heterocycles. The molecule has 2 atom stereocenters. The molecule has 0 N–H and O–H groups in total. The van der Waals surface area contributed by atoms with Crippen molar-refractivity contribution in [2.24, 2.45) is 0 Å². The summed E-state index contributed by atoms with van der Waals surface area (Å²) in [6.07, 6.45) is -8.03. The Labute approximate surface area is 57.2 Å². The highest BCUT2D eigenvalue weighted by Gasteiger charge is 2.22. The third-order valence-electron chi connectivity index (χ3n) is 1.07. The van der Waals surface area contributed by atoms with Crippen LogP contribution in [-0.4, -0.2) is 18.8 Å². The maximum atomic E-state index is 12.2. The standard InChI is InChI=1S/C6H9F4/c1-2-4(7)5(8)3-6(9)10/h4-6H,1-3H2/t4?,5-/m0/s1. The quantitative estimate of drug-likeness (QED) is 0.550. The number of hydrogen-bond acceptors (Lipinski definition) is 0. The maximum absolute atomic E-state index is 12.2. The second-order valence-electron chi connectivity index (χ2n) is 1.95. The van der Waals surface area contributed by atoms with Gasteiger partial charge in [-0.15, -0.1) is 0 Å². The van der Waals surface area contributed by atoms with Gasteiger partial charge >= 0.3 is 0 Å². The lowest BCUT2D eigenvalue weighted by atomic mass is 10.1. The zero-order chi connectivity index (χ0) is 8.15. The Morgan fingerprint density at radius 3 is 1.80 bits per heavy atom. The van der Waals surface area contributed by atoms with Crippen LogP contribution in [-0.2, 0) is 0 Å². The fourth-order valence-electron chi connectivity index (χ4n) is 0.499. The summed E-state index contributed by atoms with van der Waals surface area (Å²) < 4.78 is 47.0. The van der Waals surface area contributed by atoms with Gasteiger partial charge in [0.05, 0.1) is 0 Å². The molecular weight excluding hydrogens is 148 g/mol. The summed E-state index contributed by atoms with van der Waals surface area (Å²) in [5, 5.41) is 0. The smallest absolute Gasteiger partial charge is 0.241 e. The first-order chi connectivity index (χ1) is 4.57. The molecule has 4 heteroatoms. The Morgan fingerprint density at radius 1 is 1.00 bits per heavy atom. The van der Waals surface area contributed by atoms with Crippen LogP contribution < -0.4 is 0 Å². The van der Waals surface area contributed by atoms with Gasteiger partial charge in [-0.25, -0.2) is 17.6 Å². The second-order valence-corrected chi connectivity index (χ2v) is 1.95. The van der Waals surface area contributed by atoms with E-state index in [1.54, 1.807) is 0 Å². The molecule has 1 radical (unpaired) electrons. The SMILES string of the molecule is [CH2]CC(F)[C@@H](F)CC(F)F. The van der Waals surface area contributed by atoms with Gasteiger partial charge < -0.3 is 0 Å². The van der Waals surface area contributed by atoms with Crippen LogP contribution >= 0.6 is 0 Å². The highest BCUT2D eigenvalue weighted by molar-refractivity contribution is 4.69. The predicted octanol–water partition coefficient (Wildman–Crippen LogP) is 2.54. The molecule has 1 unspecified atom stereocenters. The summed E-state index contributed by atoms with van der Waals surface area (Å²) >= 11 is 0. The molecule has 0 spiro atoms. The van der Waals surface area contributed by atoms with E-state index in [2.05, 4.69) is 6.92 Å². The van der Waals surface area contributed by atoms with Crippen molar-refractivity contribution in [3.63, 3.8) is 0 Å². The second kappa shape index (κ2) is 4.52. The molecule has 0 saturated carbocycles. The minimum Gasteiger partial charge on any atom is -0.244 e. The highest BCUT2D eigenvalue weighted by Crippen LogP contribution is 2.15. The Bertz CT molecular complexity index is 83.8. The van der Waals surface area contributed by atoms with Crippen LogP contribution in [0.4, 0.5) is 17.6 Å². The Morgan fingerprint density at radius 2 is 1.50 bits per heavy atom. The molecule has 0 bridgehead atoms. The van der Waals surface area contributed by atoms with Crippen LogP contribution in [0, 0.1) is 6.92 Å². The third kappa shape index (κ3) is 3.69. The Balaban J connectivity index is 3.50. The molecule has 0 rings (SSSR count). The topological polar surface area (TPSA) is 0 Å². The van der Waals surface area contributed by atoms with E-state index in [4.69, 9.17) is 0 Å². The number of hydrogen-bond donors (Lipinski definition) is 0. The summed E-state index contributed by atoms with van der Waals surface area (Å²) in [6, 6.07) is 0. The predicted molar refractivity (Wildman–Crippen MR) is 30.4 cm³/mol. The van der Waals surface area contributed by atoms with Crippen LogP contribution in [0.3, 0.4) is 0 Å². The van der Waals surface area contributed by atoms with Crippen molar-refractivity contribution in [1.29, 1.82) is 0 Å². The van der Waals surface area contributed by atoms with Gasteiger partial charge in [-0.3, -0.25) is 0 Å². The molecule has 0 aromatic carbocycles. The third-order valence-corrected chi connectivity index (χ3v) is 1.07. The van der Waals surface area contributed by atoms with Gasteiger partial charge in [0, 0.05) is 6.42 Å². The molecule has 10 heavy (non-hydrogen) atoms. The van der Waals surface area contributed by atoms with Crippen LogP contribution in [0.2, 0.25) is 0 Å². The van der Waals surface area contributed by atoms with E-state index in [0.29, 0.717) is 0 Å². The lowest BCUT2D eigenvalue weighted by Gasteiger charge is -2.09. The van der Waals surface area contributed by atoms with Crippen LogP contribution in [0.15, 0.2) is 0 Å². The van der Waals surface area contributed by atoms with E-state index in [1.807, 2.05) is 0 Å². The molecule has 61 valence electrons. The molecule has 0 heterocycles. The molecule has 0 aromatic rings. The van der Waals surface area contributed by atoms with Crippen molar-refractivity contribution in [3.8, 4) is 0 Å². The molecule has 0 aliphatic heterocycles. The van der Waals surface area contributed by atoms with Gasteiger partial charge in [0.25, 0.3) is 0 Å². The molecule has 0 aliphatic rings. The minimum absolute atomic E-state index is 0.298. The van der Waals surface area contributed by atoms with Gasteiger partial charge in [-0.1, -0.05) is 6.92 Å². The Kier molecular flexibility index (Phi) is 4.40. The minimum atomic E-state index is -2.78. The van der Waals surface area contributed by atoms with E-state index in [-0.39, 0.29) is 6.42 Å². The van der Waals surface area contributed by atoms with Gasteiger partial charge in [0.15, 0.2) is 0 Å². The monoisotopic (exact) mass is 157 g/mol. The molecule has 0 fully saturated rings. The summed E-state index contributed by atoms with van der Waals surface area (Å²) in [7, 11) is 0. The van der Waals surface area contributed by atoms with Gasteiger partial charge in [0.2, 0.25) is 6.43 Å². The van der Waals surface area contributed by atoms with Crippen molar-refractivity contribution < 1.29 is 17.6 Å². The summed E-state index contributed by atoms with van der Waals surface area (Å²) in [5.41, 5.74) is 0. The van der Waals surface area contributed by atoms with Crippen LogP contribution in [0.5, 0.6) is 0 Å². The maximum Gasteiger partial charge on any atom is 0.241 e. The summed E-state index contributed by atoms with van der Waals surface area (Å²) in [5.74, 6) is 0. The average Bonchev–Trinajstić information content (AvgIpc) is 1.85. The zero-order valence-corrected chi connectivity index (χ0v) is 5.37. The van der Waals surface area contributed by atoms with Crippen LogP contribution in [0.1, 0.15) is 12.8 Å². The van der Waals surface area contributed by atoms with Gasteiger partial charge in [0.1, 0.15) is 12.3 Å². The van der Waals surface area contributed by atoms with Crippen LogP contribution in [0.25, 0.3) is 0 Å². The van der Waals surface area contributed by atoms with Crippen molar-refractivity contribution in [3.05, 3.63) is 6.92 Å². The first kappa shape index (κ1) is 9.72. The van der Waals surface area contributed by atoms with Gasteiger partial charge in [-0.05, 0) is 6.42 Å².